The molecule has 1 nitrogen and oxygen atoms in total. The van der Waals surface area contributed by atoms with E-state index < -0.39 is 0 Å². The molecule has 0 bridgehead atoms. The van der Waals surface area contributed by atoms with Gasteiger partial charge in [-0.15, -0.1) is 0 Å². The van der Waals surface area contributed by atoms with Crippen LogP contribution in [0.1, 0.15) is 18.4 Å². The van der Waals surface area contributed by atoms with Gasteiger partial charge in [0.2, 0.25) is 0 Å². The molecule has 13 heavy (non-hydrogen) atoms. The molecule has 70 valence electrons. The summed E-state index contributed by atoms with van der Waals surface area (Å²) in [6, 6.07) is 9.98. The van der Waals surface area contributed by atoms with E-state index in [4.69, 9.17) is 0 Å². The average molecular weight is 241 g/mol. The molecule has 1 atom stereocenters. The average Bonchev–Trinajstić information content (AvgIpc) is 2.18. The number of ketones is 1. The Morgan fingerprint density at radius 2 is 2.00 bits per heavy atom. The van der Waals surface area contributed by atoms with Gasteiger partial charge in [-0.1, -0.05) is 0 Å². The molecule has 0 saturated heterocycles. The predicted octanol–water partition coefficient (Wildman–Crippen LogP) is 2.53. The molecule has 0 saturated carbocycles. The van der Waals surface area contributed by atoms with Crippen LogP contribution in [0.3, 0.4) is 0 Å². The Bertz CT molecular complexity index is 269. The van der Waals surface area contributed by atoms with Gasteiger partial charge < -0.3 is 0 Å². The number of Topliss-reactive ketones (excluding diaryl/α,β-unsaturated/α-hetero) is 1. The third-order valence-corrected chi connectivity index (χ3v) is 3.27. The fourth-order valence-electron chi connectivity index (χ4n) is 1.19. The van der Waals surface area contributed by atoms with Crippen LogP contribution in [-0.2, 0) is 4.79 Å². The molecule has 0 fully saturated rings. The Hall–Kier alpha value is -0.591. The van der Waals surface area contributed by atoms with Crippen molar-refractivity contribution in [3.8, 4) is 0 Å². The Balaban J connectivity index is 2.68. The molecule has 1 aromatic rings. The van der Waals surface area contributed by atoms with Crippen molar-refractivity contribution in [2.75, 3.05) is 0 Å². The summed E-state index contributed by atoms with van der Waals surface area (Å²) in [5.41, 5.74) is 1.14. The summed E-state index contributed by atoms with van der Waals surface area (Å²) < 4.78 is 0. The Morgan fingerprint density at radius 3 is 2.54 bits per heavy atom. The molecular formula is C11H14OSe. The van der Waals surface area contributed by atoms with E-state index in [2.05, 4.69) is 5.82 Å². The second-order valence-corrected chi connectivity index (χ2v) is 4.85. The van der Waals surface area contributed by atoms with Crippen LogP contribution < -0.4 is 0 Å². The fourth-order valence-corrected chi connectivity index (χ4v) is 2.32. The SMILES string of the molecule is C[Se]CC(=O)[C@H](C)c1ccccc1. The van der Waals surface area contributed by atoms with Crippen LogP contribution in [0, 0.1) is 0 Å². The van der Waals surface area contributed by atoms with E-state index in [-0.39, 0.29) is 5.92 Å². The molecule has 0 aliphatic heterocycles. The van der Waals surface area contributed by atoms with Gasteiger partial charge in [0.25, 0.3) is 0 Å². The zero-order chi connectivity index (χ0) is 9.68. The second kappa shape index (κ2) is 5.21. The predicted molar refractivity (Wildman–Crippen MR) is 56.3 cm³/mol. The van der Waals surface area contributed by atoms with Crippen molar-refractivity contribution < 1.29 is 4.79 Å². The van der Waals surface area contributed by atoms with Crippen molar-refractivity contribution in [1.29, 1.82) is 0 Å². The number of carbonyl (C=O) groups excluding carboxylic acids is 1. The molecule has 0 aliphatic rings. The van der Waals surface area contributed by atoms with Gasteiger partial charge in [-0.3, -0.25) is 0 Å². The molecule has 0 aliphatic carbocycles. The Kier molecular flexibility index (Phi) is 4.20. The third kappa shape index (κ3) is 2.98. The zero-order valence-corrected chi connectivity index (χ0v) is 9.70. The van der Waals surface area contributed by atoms with Crippen LogP contribution in [0.5, 0.6) is 0 Å². The van der Waals surface area contributed by atoms with Crippen molar-refractivity contribution >= 4 is 20.7 Å². The normalized spacial score (nSPS) is 12.5. The van der Waals surface area contributed by atoms with Gasteiger partial charge in [-0.25, -0.2) is 0 Å². The van der Waals surface area contributed by atoms with E-state index in [1.54, 1.807) is 0 Å². The minimum absolute atomic E-state index is 0.0722. The van der Waals surface area contributed by atoms with E-state index in [0.717, 1.165) is 10.9 Å². The molecule has 0 aromatic heterocycles. The number of hydrogen-bond acceptors (Lipinski definition) is 1. The van der Waals surface area contributed by atoms with Gasteiger partial charge in [0.05, 0.1) is 0 Å². The number of benzene rings is 1. The van der Waals surface area contributed by atoms with Gasteiger partial charge in [-0.05, 0) is 0 Å². The first-order valence-electron chi connectivity index (χ1n) is 4.32. The number of carbonyl (C=O) groups is 1. The first-order valence-corrected chi connectivity index (χ1v) is 7.24. The van der Waals surface area contributed by atoms with Gasteiger partial charge in [0.1, 0.15) is 0 Å². The van der Waals surface area contributed by atoms with Crippen molar-refractivity contribution in [2.45, 2.75) is 24.0 Å². The van der Waals surface area contributed by atoms with E-state index in [1.165, 1.54) is 0 Å². The van der Waals surface area contributed by atoms with Crippen LogP contribution in [0.25, 0.3) is 0 Å². The summed E-state index contributed by atoms with van der Waals surface area (Å²) in [4.78, 5) is 11.6. The molecule has 0 radical (unpaired) electrons. The minimum atomic E-state index is 0.0722. The summed E-state index contributed by atoms with van der Waals surface area (Å²) in [5, 5.41) is 0.753. The standard InChI is InChI=1S/C11H14OSe/c1-9(11(12)8-13-2)10-6-4-3-5-7-10/h3-7,9H,8H2,1-2H3/t9-/m1/s1. The number of hydrogen-bond donors (Lipinski definition) is 0. The van der Waals surface area contributed by atoms with Crippen molar-refractivity contribution in [2.24, 2.45) is 0 Å². The molecule has 2 heteroatoms. The van der Waals surface area contributed by atoms with Crippen LogP contribution in [0.15, 0.2) is 30.3 Å². The summed E-state index contributed by atoms with van der Waals surface area (Å²) in [6.07, 6.45) is 0. The van der Waals surface area contributed by atoms with E-state index in [0.29, 0.717) is 20.7 Å². The van der Waals surface area contributed by atoms with Crippen LogP contribution in [0.4, 0.5) is 0 Å². The Morgan fingerprint density at radius 1 is 1.38 bits per heavy atom. The summed E-state index contributed by atoms with van der Waals surface area (Å²) in [6.45, 7) is 1.99. The monoisotopic (exact) mass is 242 g/mol. The maximum absolute atomic E-state index is 11.6. The maximum atomic E-state index is 11.6. The molecule has 0 amide bonds. The van der Waals surface area contributed by atoms with Crippen molar-refractivity contribution in [3.05, 3.63) is 35.9 Å². The molecule has 0 spiro atoms. The summed E-state index contributed by atoms with van der Waals surface area (Å²) in [7, 11) is 0. The molecule has 0 N–H and O–H groups in total. The molecule has 0 heterocycles. The second-order valence-electron chi connectivity index (χ2n) is 3.03. The van der Waals surface area contributed by atoms with Crippen LogP contribution in [0.2, 0.25) is 11.1 Å². The van der Waals surface area contributed by atoms with Gasteiger partial charge in [-0.2, -0.15) is 0 Å². The molecule has 1 aromatic carbocycles. The van der Waals surface area contributed by atoms with E-state index in [1.807, 2.05) is 37.3 Å². The van der Waals surface area contributed by atoms with Crippen molar-refractivity contribution in [1.82, 2.24) is 0 Å². The van der Waals surface area contributed by atoms with E-state index >= 15 is 0 Å². The third-order valence-electron chi connectivity index (χ3n) is 2.07. The van der Waals surface area contributed by atoms with Gasteiger partial charge in [0.15, 0.2) is 0 Å². The van der Waals surface area contributed by atoms with E-state index in [9.17, 15) is 4.79 Å². The molecule has 0 unspecified atom stereocenters. The first-order chi connectivity index (χ1) is 6.25. The summed E-state index contributed by atoms with van der Waals surface area (Å²) in [5.74, 6) is 2.54. The topological polar surface area (TPSA) is 17.1 Å². The summed E-state index contributed by atoms with van der Waals surface area (Å²) >= 11 is 0.458. The Labute approximate surface area is 85.7 Å². The quantitative estimate of drug-likeness (QED) is 0.740. The van der Waals surface area contributed by atoms with Crippen LogP contribution >= 0.6 is 0 Å². The zero-order valence-electron chi connectivity index (χ0n) is 7.99. The van der Waals surface area contributed by atoms with Crippen LogP contribution in [-0.4, -0.2) is 20.7 Å². The first kappa shape index (κ1) is 10.5. The fraction of sp³-hybridized carbons (Fsp3) is 0.364. The van der Waals surface area contributed by atoms with Crippen molar-refractivity contribution in [3.63, 3.8) is 0 Å². The van der Waals surface area contributed by atoms with Gasteiger partial charge >= 0.3 is 85.4 Å². The van der Waals surface area contributed by atoms with Gasteiger partial charge in [0, 0.05) is 0 Å². The molecular weight excluding hydrogens is 227 g/mol. The molecule has 1 rings (SSSR count). The number of rotatable bonds is 4.